The fraction of sp³-hybridized carbons (Fsp3) is 0.348. The number of carbonyl (C=O) groups is 1. The summed E-state index contributed by atoms with van der Waals surface area (Å²) in [6.45, 7) is 6.84. The molecule has 0 saturated carbocycles. The van der Waals surface area contributed by atoms with E-state index in [0.29, 0.717) is 30.5 Å². The lowest BCUT2D eigenvalue weighted by Crippen LogP contribution is -2.37. The van der Waals surface area contributed by atoms with Gasteiger partial charge in [0.15, 0.2) is 5.76 Å². The van der Waals surface area contributed by atoms with Crippen molar-refractivity contribution in [1.29, 1.82) is 0 Å². The summed E-state index contributed by atoms with van der Waals surface area (Å²) in [7, 11) is 0. The molecule has 0 spiro atoms. The van der Waals surface area contributed by atoms with Crippen molar-refractivity contribution in [1.82, 2.24) is 14.8 Å². The number of nitro groups is 1. The van der Waals surface area contributed by atoms with Gasteiger partial charge in [-0.1, -0.05) is 26.0 Å². The van der Waals surface area contributed by atoms with Gasteiger partial charge in [-0.3, -0.25) is 19.8 Å². The highest BCUT2D eigenvalue weighted by Gasteiger charge is 2.30. The third-order valence-corrected chi connectivity index (χ3v) is 5.47. The molecule has 0 aliphatic carbocycles. The second-order valence-corrected chi connectivity index (χ2v) is 8.22. The van der Waals surface area contributed by atoms with Crippen LogP contribution in [-0.4, -0.2) is 33.4 Å². The maximum atomic E-state index is 12.3. The van der Waals surface area contributed by atoms with Crippen LogP contribution in [0.5, 0.6) is 0 Å². The number of furan rings is 1. The van der Waals surface area contributed by atoms with Gasteiger partial charge in [0.2, 0.25) is 0 Å². The van der Waals surface area contributed by atoms with Crippen molar-refractivity contribution < 1.29 is 14.1 Å². The summed E-state index contributed by atoms with van der Waals surface area (Å²) < 4.78 is 8.04. The summed E-state index contributed by atoms with van der Waals surface area (Å²) in [5.74, 6) is 1.18. The maximum Gasteiger partial charge on any atom is 0.287 e. The number of hydrogen-bond acceptors (Lipinski definition) is 5. The number of fused-ring (bicyclic) bond motifs is 1. The second kappa shape index (κ2) is 8.77. The number of rotatable bonds is 7. The van der Waals surface area contributed by atoms with Gasteiger partial charge >= 0.3 is 0 Å². The van der Waals surface area contributed by atoms with Crippen LogP contribution in [0.2, 0.25) is 0 Å². The van der Waals surface area contributed by atoms with Crippen LogP contribution in [0, 0.1) is 16.0 Å². The van der Waals surface area contributed by atoms with Gasteiger partial charge in [-0.2, -0.15) is 0 Å². The molecular formula is C23H26N4O4. The molecule has 1 N–H and O–H groups in total. The Hall–Kier alpha value is -3.39. The molecule has 0 fully saturated rings. The highest BCUT2D eigenvalue weighted by molar-refractivity contribution is 5.91. The highest BCUT2D eigenvalue weighted by Crippen LogP contribution is 2.34. The highest BCUT2D eigenvalue weighted by atomic mass is 16.6. The van der Waals surface area contributed by atoms with E-state index in [9.17, 15) is 14.9 Å². The van der Waals surface area contributed by atoms with Crippen molar-refractivity contribution in [2.45, 2.75) is 33.0 Å². The topological polar surface area (TPSA) is 93.5 Å². The minimum Gasteiger partial charge on any atom is -0.455 e. The van der Waals surface area contributed by atoms with Crippen molar-refractivity contribution in [3.8, 4) is 0 Å². The average molecular weight is 422 g/mol. The third-order valence-electron chi connectivity index (χ3n) is 5.47. The second-order valence-electron chi connectivity index (χ2n) is 8.22. The number of nitrogens with one attached hydrogen (secondary N) is 1. The first kappa shape index (κ1) is 20.9. The molecule has 4 rings (SSSR count). The van der Waals surface area contributed by atoms with Gasteiger partial charge in [0.05, 0.1) is 17.5 Å². The number of hydrogen-bond donors (Lipinski definition) is 1. The number of amides is 1. The van der Waals surface area contributed by atoms with Gasteiger partial charge in [0, 0.05) is 43.7 Å². The Balaban J connectivity index is 1.56. The molecule has 1 aliphatic heterocycles. The van der Waals surface area contributed by atoms with Crippen LogP contribution in [0.3, 0.4) is 0 Å². The van der Waals surface area contributed by atoms with E-state index in [0.717, 1.165) is 24.3 Å². The first-order valence-electron chi connectivity index (χ1n) is 10.4. The van der Waals surface area contributed by atoms with Crippen molar-refractivity contribution in [2.75, 3.05) is 13.1 Å². The lowest BCUT2D eigenvalue weighted by atomic mass is 9.99. The number of nitrogens with zero attached hydrogens (tertiary/aromatic N) is 3. The molecule has 0 saturated heterocycles. The molecule has 0 radical (unpaired) electrons. The Morgan fingerprint density at radius 1 is 1.19 bits per heavy atom. The summed E-state index contributed by atoms with van der Waals surface area (Å²) >= 11 is 0. The molecule has 1 atom stereocenters. The molecule has 0 bridgehead atoms. The maximum absolute atomic E-state index is 12.3. The number of non-ortho nitro benzene ring substituents is 1. The van der Waals surface area contributed by atoms with Gasteiger partial charge in [-0.05, 0) is 35.7 Å². The Morgan fingerprint density at radius 2 is 1.97 bits per heavy atom. The van der Waals surface area contributed by atoms with Crippen LogP contribution in [0.15, 0.2) is 59.1 Å². The normalized spacial score (nSPS) is 16.3. The molecule has 1 unspecified atom stereocenters. The van der Waals surface area contributed by atoms with Crippen molar-refractivity contribution in [3.05, 3.63) is 87.6 Å². The largest absolute Gasteiger partial charge is 0.455 e. The van der Waals surface area contributed by atoms with Gasteiger partial charge in [0.1, 0.15) is 5.76 Å². The standard InChI is InChI=1S/C23H26N4O4/c1-16(2)14-24-23(28)21-10-9-19(31-21)15-26-13-12-25-11-3-4-20(25)22(26)17-5-7-18(8-6-17)27(29)30/h3-11,16,22H,12-15H2,1-2H3,(H,24,28). The predicted molar refractivity (Wildman–Crippen MR) is 116 cm³/mol. The smallest absolute Gasteiger partial charge is 0.287 e. The minimum absolute atomic E-state index is 0.0622. The number of benzene rings is 1. The lowest BCUT2D eigenvalue weighted by molar-refractivity contribution is -0.384. The molecular weight excluding hydrogens is 396 g/mol. The quantitative estimate of drug-likeness (QED) is 0.459. The SMILES string of the molecule is CC(C)CNC(=O)c1ccc(CN2CCn3cccc3C2c2ccc([N+](=O)[O-])cc2)o1. The first-order chi connectivity index (χ1) is 14.9. The van der Waals surface area contributed by atoms with Gasteiger partial charge in [0.25, 0.3) is 11.6 Å². The van der Waals surface area contributed by atoms with E-state index in [1.54, 1.807) is 18.2 Å². The molecule has 8 nitrogen and oxygen atoms in total. The van der Waals surface area contributed by atoms with Crippen LogP contribution in [0.25, 0.3) is 0 Å². The van der Waals surface area contributed by atoms with Crippen molar-refractivity contribution in [2.24, 2.45) is 5.92 Å². The summed E-state index contributed by atoms with van der Waals surface area (Å²) in [6.07, 6.45) is 2.05. The van der Waals surface area contributed by atoms with E-state index in [1.165, 1.54) is 0 Å². The fourth-order valence-electron chi connectivity index (χ4n) is 3.93. The first-order valence-corrected chi connectivity index (χ1v) is 10.4. The predicted octanol–water partition coefficient (Wildman–Crippen LogP) is 3.98. The van der Waals surface area contributed by atoms with Crippen LogP contribution < -0.4 is 5.32 Å². The zero-order valence-corrected chi connectivity index (χ0v) is 17.7. The van der Waals surface area contributed by atoms with E-state index in [4.69, 9.17) is 4.42 Å². The van der Waals surface area contributed by atoms with Gasteiger partial charge < -0.3 is 14.3 Å². The minimum atomic E-state index is -0.389. The Kier molecular flexibility index (Phi) is 5.90. The van der Waals surface area contributed by atoms with Gasteiger partial charge in [-0.25, -0.2) is 0 Å². The summed E-state index contributed by atoms with van der Waals surface area (Å²) in [4.78, 5) is 25.2. The molecule has 1 aliphatic rings. The number of aromatic nitrogens is 1. The number of carbonyl (C=O) groups excluding carboxylic acids is 1. The fourth-order valence-corrected chi connectivity index (χ4v) is 3.93. The van der Waals surface area contributed by atoms with E-state index in [1.807, 2.05) is 38.1 Å². The molecule has 3 aromatic rings. The summed E-state index contributed by atoms with van der Waals surface area (Å²) in [5, 5.41) is 13.9. The van der Waals surface area contributed by atoms with Crippen LogP contribution >= 0.6 is 0 Å². The molecule has 1 aromatic carbocycles. The van der Waals surface area contributed by atoms with E-state index < -0.39 is 0 Å². The van der Waals surface area contributed by atoms with Crippen LogP contribution in [0.1, 0.15) is 47.5 Å². The Labute approximate surface area is 180 Å². The molecule has 31 heavy (non-hydrogen) atoms. The summed E-state index contributed by atoms with van der Waals surface area (Å²) in [6, 6.07) is 14.3. The molecule has 3 heterocycles. The summed E-state index contributed by atoms with van der Waals surface area (Å²) in [5.41, 5.74) is 2.18. The van der Waals surface area contributed by atoms with E-state index in [2.05, 4.69) is 27.0 Å². The molecule has 1 amide bonds. The molecule has 8 heteroatoms. The number of nitro benzene ring substituents is 1. The Morgan fingerprint density at radius 3 is 2.68 bits per heavy atom. The van der Waals surface area contributed by atoms with Crippen molar-refractivity contribution in [3.63, 3.8) is 0 Å². The zero-order valence-electron chi connectivity index (χ0n) is 17.7. The molecule has 162 valence electrons. The third kappa shape index (κ3) is 4.54. The van der Waals surface area contributed by atoms with Gasteiger partial charge in [-0.15, -0.1) is 0 Å². The monoisotopic (exact) mass is 422 g/mol. The van der Waals surface area contributed by atoms with E-state index in [-0.39, 0.29) is 22.6 Å². The average Bonchev–Trinajstić information content (AvgIpc) is 3.41. The molecule has 2 aromatic heterocycles. The zero-order chi connectivity index (χ0) is 22.0. The van der Waals surface area contributed by atoms with Crippen molar-refractivity contribution >= 4 is 11.6 Å². The Bertz CT molecular complexity index is 1070. The lowest BCUT2D eigenvalue weighted by Gasteiger charge is -2.36. The van der Waals surface area contributed by atoms with Crippen LogP contribution in [-0.2, 0) is 13.1 Å². The van der Waals surface area contributed by atoms with E-state index >= 15 is 0 Å². The van der Waals surface area contributed by atoms with Crippen LogP contribution in [0.4, 0.5) is 5.69 Å².